The van der Waals surface area contributed by atoms with Crippen LogP contribution in [0.4, 0.5) is 0 Å². The molecule has 94 valence electrons. The average Bonchev–Trinajstić information content (AvgIpc) is 2.56. The van der Waals surface area contributed by atoms with Crippen molar-refractivity contribution in [3.8, 4) is 0 Å². The maximum absolute atomic E-state index is 11.1. The molecule has 16 heavy (non-hydrogen) atoms. The van der Waals surface area contributed by atoms with Crippen LogP contribution in [-0.4, -0.2) is 30.5 Å². The molecule has 1 saturated heterocycles. The molecule has 0 aromatic heterocycles. The molecule has 1 saturated carbocycles. The Balaban J connectivity index is 2.32. The van der Waals surface area contributed by atoms with E-state index in [1.165, 1.54) is 0 Å². The van der Waals surface area contributed by atoms with Crippen molar-refractivity contribution in [1.29, 1.82) is 0 Å². The van der Waals surface area contributed by atoms with Crippen LogP contribution in [0.15, 0.2) is 0 Å². The van der Waals surface area contributed by atoms with Gasteiger partial charge in [0.15, 0.2) is 0 Å². The van der Waals surface area contributed by atoms with Crippen molar-refractivity contribution in [3.63, 3.8) is 0 Å². The Morgan fingerprint density at radius 3 is 2.38 bits per heavy atom. The standard InChI is InChI=1S/C13H25NO2/c1-11(2)5-3-7-13(11,15)12(9-14)6-4-8-16-10-12/h15H,3-10,14H2,1-2H3. The second kappa shape index (κ2) is 3.97. The minimum atomic E-state index is -0.644. The molecule has 2 atom stereocenters. The molecule has 3 heteroatoms. The average molecular weight is 227 g/mol. The molecule has 0 amide bonds. The lowest BCUT2D eigenvalue weighted by molar-refractivity contribution is -0.185. The van der Waals surface area contributed by atoms with Crippen LogP contribution in [0.3, 0.4) is 0 Å². The van der Waals surface area contributed by atoms with Gasteiger partial charge in [-0.15, -0.1) is 0 Å². The summed E-state index contributed by atoms with van der Waals surface area (Å²) in [6, 6.07) is 0. The van der Waals surface area contributed by atoms with Crippen LogP contribution in [0.2, 0.25) is 0 Å². The van der Waals surface area contributed by atoms with Crippen LogP contribution in [0.1, 0.15) is 46.0 Å². The first-order valence-corrected chi connectivity index (χ1v) is 6.48. The number of hydrogen-bond donors (Lipinski definition) is 2. The molecule has 3 N–H and O–H groups in total. The molecule has 0 spiro atoms. The molecule has 3 nitrogen and oxygen atoms in total. The van der Waals surface area contributed by atoms with E-state index in [0.29, 0.717) is 13.2 Å². The zero-order valence-electron chi connectivity index (χ0n) is 10.6. The lowest BCUT2D eigenvalue weighted by atomic mass is 9.59. The van der Waals surface area contributed by atoms with Gasteiger partial charge in [-0.05, 0) is 37.5 Å². The van der Waals surface area contributed by atoms with Crippen LogP contribution in [0.25, 0.3) is 0 Å². The van der Waals surface area contributed by atoms with Crippen LogP contribution in [0, 0.1) is 10.8 Å². The van der Waals surface area contributed by atoms with Gasteiger partial charge in [-0.25, -0.2) is 0 Å². The molecule has 1 heterocycles. The highest BCUT2D eigenvalue weighted by molar-refractivity contribution is 5.11. The summed E-state index contributed by atoms with van der Waals surface area (Å²) in [7, 11) is 0. The van der Waals surface area contributed by atoms with Gasteiger partial charge in [0.05, 0.1) is 12.2 Å². The van der Waals surface area contributed by atoms with E-state index in [4.69, 9.17) is 10.5 Å². The highest BCUT2D eigenvalue weighted by atomic mass is 16.5. The largest absolute Gasteiger partial charge is 0.389 e. The van der Waals surface area contributed by atoms with Crippen molar-refractivity contribution < 1.29 is 9.84 Å². The summed E-state index contributed by atoms with van der Waals surface area (Å²) in [4.78, 5) is 0. The third-order valence-corrected chi connectivity index (χ3v) is 5.05. The summed E-state index contributed by atoms with van der Waals surface area (Å²) in [5.74, 6) is 0. The number of aliphatic hydroxyl groups is 1. The number of nitrogens with two attached hydrogens (primary N) is 1. The number of ether oxygens (including phenoxy) is 1. The van der Waals surface area contributed by atoms with Gasteiger partial charge in [0.1, 0.15) is 0 Å². The molecular formula is C13H25NO2. The highest BCUT2D eigenvalue weighted by Gasteiger charge is 2.60. The van der Waals surface area contributed by atoms with Crippen molar-refractivity contribution >= 4 is 0 Å². The molecular weight excluding hydrogens is 202 g/mol. The van der Waals surface area contributed by atoms with Gasteiger partial charge in [0, 0.05) is 18.6 Å². The van der Waals surface area contributed by atoms with E-state index in [-0.39, 0.29) is 10.8 Å². The Bertz CT molecular complexity index is 259. The molecule has 2 rings (SSSR count). The summed E-state index contributed by atoms with van der Waals surface area (Å²) in [5.41, 5.74) is 5.09. The van der Waals surface area contributed by atoms with Gasteiger partial charge in [-0.3, -0.25) is 0 Å². The second-order valence-corrected chi connectivity index (χ2v) is 6.24. The van der Waals surface area contributed by atoms with E-state index in [2.05, 4.69) is 13.8 Å². The maximum Gasteiger partial charge on any atom is 0.0788 e. The normalized spacial score (nSPS) is 43.5. The quantitative estimate of drug-likeness (QED) is 0.754. The van der Waals surface area contributed by atoms with Gasteiger partial charge in [-0.1, -0.05) is 13.8 Å². The monoisotopic (exact) mass is 227 g/mol. The topological polar surface area (TPSA) is 55.5 Å². The molecule has 2 fully saturated rings. The van der Waals surface area contributed by atoms with Crippen molar-refractivity contribution in [2.45, 2.75) is 51.6 Å². The van der Waals surface area contributed by atoms with Crippen LogP contribution in [-0.2, 0) is 4.74 Å². The zero-order valence-corrected chi connectivity index (χ0v) is 10.6. The van der Waals surface area contributed by atoms with E-state index < -0.39 is 5.60 Å². The van der Waals surface area contributed by atoms with E-state index >= 15 is 0 Å². The fraction of sp³-hybridized carbons (Fsp3) is 1.00. The molecule has 0 aromatic rings. The van der Waals surface area contributed by atoms with Gasteiger partial charge in [-0.2, -0.15) is 0 Å². The van der Waals surface area contributed by atoms with Crippen molar-refractivity contribution in [1.82, 2.24) is 0 Å². The Hall–Kier alpha value is -0.120. The lowest BCUT2D eigenvalue weighted by Crippen LogP contribution is -2.61. The predicted octanol–water partition coefficient (Wildman–Crippen LogP) is 1.68. The summed E-state index contributed by atoms with van der Waals surface area (Å²) >= 11 is 0. The Kier molecular flexibility index (Phi) is 3.06. The number of hydrogen-bond acceptors (Lipinski definition) is 3. The fourth-order valence-electron chi connectivity index (χ4n) is 3.82. The first kappa shape index (κ1) is 12.3. The summed E-state index contributed by atoms with van der Waals surface area (Å²) in [6.07, 6.45) is 5.09. The van der Waals surface area contributed by atoms with Gasteiger partial charge >= 0.3 is 0 Å². The third kappa shape index (κ3) is 1.52. The van der Waals surface area contributed by atoms with E-state index in [1.807, 2.05) is 0 Å². The zero-order chi connectivity index (χ0) is 11.9. The Labute approximate surface area is 98.4 Å². The molecule has 2 unspecified atom stereocenters. The third-order valence-electron chi connectivity index (χ3n) is 5.05. The molecule has 0 radical (unpaired) electrons. The first-order valence-electron chi connectivity index (χ1n) is 6.48. The van der Waals surface area contributed by atoms with Crippen molar-refractivity contribution in [3.05, 3.63) is 0 Å². The minimum absolute atomic E-state index is 0.0347. The summed E-state index contributed by atoms with van der Waals surface area (Å²) in [5, 5.41) is 11.1. The maximum atomic E-state index is 11.1. The smallest absolute Gasteiger partial charge is 0.0788 e. The molecule has 1 aliphatic carbocycles. The molecule has 0 aromatic carbocycles. The van der Waals surface area contributed by atoms with E-state index in [9.17, 15) is 5.11 Å². The Morgan fingerprint density at radius 1 is 1.19 bits per heavy atom. The van der Waals surface area contributed by atoms with E-state index in [0.717, 1.165) is 38.7 Å². The number of rotatable bonds is 2. The summed E-state index contributed by atoms with van der Waals surface area (Å²) in [6.45, 7) is 6.33. The van der Waals surface area contributed by atoms with E-state index in [1.54, 1.807) is 0 Å². The fourth-order valence-corrected chi connectivity index (χ4v) is 3.82. The van der Waals surface area contributed by atoms with Gasteiger partial charge in [0.25, 0.3) is 0 Å². The van der Waals surface area contributed by atoms with Gasteiger partial charge in [0.2, 0.25) is 0 Å². The molecule has 0 bridgehead atoms. The van der Waals surface area contributed by atoms with Gasteiger partial charge < -0.3 is 15.6 Å². The SMILES string of the molecule is CC1(C)CCCC1(O)C1(CN)CCCOC1. The van der Waals surface area contributed by atoms with Crippen LogP contribution >= 0.6 is 0 Å². The van der Waals surface area contributed by atoms with Crippen molar-refractivity contribution in [2.75, 3.05) is 19.8 Å². The first-order chi connectivity index (χ1) is 7.47. The Morgan fingerprint density at radius 2 is 1.94 bits per heavy atom. The second-order valence-electron chi connectivity index (χ2n) is 6.24. The summed E-state index contributed by atoms with van der Waals surface area (Å²) < 4.78 is 5.61. The molecule has 2 aliphatic rings. The molecule has 1 aliphatic heterocycles. The van der Waals surface area contributed by atoms with Crippen LogP contribution in [0.5, 0.6) is 0 Å². The van der Waals surface area contributed by atoms with Crippen molar-refractivity contribution in [2.24, 2.45) is 16.6 Å². The lowest BCUT2D eigenvalue weighted by Gasteiger charge is -2.53. The minimum Gasteiger partial charge on any atom is -0.389 e. The van der Waals surface area contributed by atoms with Crippen LogP contribution < -0.4 is 5.73 Å². The highest BCUT2D eigenvalue weighted by Crippen LogP contribution is 2.56. The predicted molar refractivity (Wildman–Crippen MR) is 64.1 cm³/mol.